The first kappa shape index (κ1) is 11.3. The number of hydrogen-bond acceptors (Lipinski definition) is 4. The van der Waals surface area contributed by atoms with Gasteiger partial charge in [-0.3, -0.25) is 4.68 Å². The van der Waals surface area contributed by atoms with Gasteiger partial charge in [0.2, 0.25) is 0 Å². The summed E-state index contributed by atoms with van der Waals surface area (Å²) in [5, 5.41) is 5.33. The largest absolute Gasteiger partial charge is 0.318 e. The molecule has 0 spiro atoms. The third-order valence-electron chi connectivity index (χ3n) is 2.45. The summed E-state index contributed by atoms with van der Waals surface area (Å²) in [5.74, 6) is 0. The van der Waals surface area contributed by atoms with Crippen molar-refractivity contribution in [1.29, 1.82) is 0 Å². The van der Waals surface area contributed by atoms with Gasteiger partial charge >= 0.3 is 0 Å². The SMILES string of the molecule is CCCn1nccc1C(N)c1cnc(C)s1. The zero-order valence-corrected chi connectivity index (χ0v) is 10.4. The van der Waals surface area contributed by atoms with Gasteiger partial charge in [-0.1, -0.05) is 6.92 Å². The van der Waals surface area contributed by atoms with Crippen LogP contribution in [0.2, 0.25) is 0 Å². The van der Waals surface area contributed by atoms with E-state index in [2.05, 4.69) is 17.0 Å². The lowest BCUT2D eigenvalue weighted by Crippen LogP contribution is -2.16. The lowest BCUT2D eigenvalue weighted by atomic mass is 10.2. The van der Waals surface area contributed by atoms with Crippen molar-refractivity contribution in [2.75, 3.05) is 0 Å². The van der Waals surface area contributed by atoms with Gasteiger partial charge in [0.05, 0.1) is 16.7 Å². The van der Waals surface area contributed by atoms with Crippen LogP contribution in [0.15, 0.2) is 18.5 Å². The fraction of sp³-hybridized carbons (Fsp3) is 0.455. The minimum absolute atomic E-state index is 0.111. The summed E-state index contributed by atoms with van der Waals surface area (Å²) in [6.45, 7) is 5.03. The molecule has 0 saturated carbocycles. The highest BCUT2D eigenvalue weighted by atomic mass is 32.1. The van der Waals surface area contributed by atoms with Crippen LogP contribution in [0.5, 0.6) is 0 Å². The molecule has 2 aromatic rings. The number of aromatic nitrogens is 3. The molecule has 2 N–H and O–H groups in total. The Morgan fingerprint density at radius 1 is 1.56 bits per heavy atom. The van der Waals surface area contributed by atoms with Crippen LogP contribution in [0, 0.1) is 6.92 Å². The van der Waals surface area contributed by atoms with E-state index in [1.54, 1.807) is 17.5 Å². The fourth-order valence-corrected chi connectivity index (χ4v) is 2.47. The minimum atomic E-state index is -0.111. The molecular formula is C11H16N4S. The monoisotopic (exact) mass is 236 g/mol. The number of nitrogens with two attached hydrogens (primary N) is 1. The summed E-state index contributed by atoms with van der Waals surface area (Å²) < 4.78 is 1.97. The minimum Gasteiger partial charge on any atom is -0.318 e. The Kier molecular flexibility index (Phi) is 3.36. The number of aryl methyl sites for hydroxylation is 2. The molecule has 2 rings (SSSR count). The predicted octanol–water partition coefficient (Wildman–Crippen LogP) is 2.11. The molecule has 0 fully saturated rings. The van der Waals surface area contributed by atoms with Crippen LogP contribution >= 0.6 is 11.3 Å². The van der Waals surface area contributed by atoms with E-state index in [1.807, 2.05) is 23.9 Å². The van der Waals surface area contributed by atoms with Crippen LogP contribution in [0.3, 0.4) is 0 Å². The highest BCUT2D eigenvalue weighted by molar-refractivity contribution is 7.11. The predicted molar refractivity (Wildman–Crippen MR) is 65.4 cm³/mol. The molecule has 0 radical (unpaired) electrons. The molecule has 2 aromatic heterocycles. The van der Waals surface area contributed by atoms with E-state index in [4.69, 9.17) is 5.73 Å². The Balaban J connectivity index is 2.26. The van der Waals surface area contributed by atoms with E-state index in [-0.39, 0.29) is 6.04 Å². The molecular weight excluding hydrogens is 220 g/mol. The second kappa shape index (κ2) is 4.76. The van der Waals surface area contributed by atoms with Crippen LogP contribution in [0.4, 0.5) is 0 Å². The van der Waals surface area contributed by atoms with Gasteiger partial charge in [-0.2, -0.15) is 5.10 Å². The molecule has 86 valence electrons. The zero-order valence-electron chi connectivity index (χ0n) is 9.55. The van der Waals surface area contributed by atoms with E-state index in [0.717, 1.165) is 28.5 Å². The maximum absolute atomic E-state index is 6.21. The van der Waals surface area contributed by atoms with Crippen molar-refractivity contribution in [3.63, 3.8) is 0 Å². The number of thiazole rings is 1. The third-order valence-corrected chi connectivity index (χ3v) is 3.44. The summed E-state index contributed by atoms with van der Waals surface area (Å²) in [5.41, 5.74) is 7.28. The van der Waals surface area contributed by atoms with Crippen LogP contribution in [-0.2, 0) is 6.54 Å². The molecule has 0 aliphatic carbocycles. The summed E-state index contributed by atoms with van der Waals surface area (Å²) in [6.07, 6.45) is 4.72. The van der Waals surface area contributed by atoms with Gasteiger partial charge in [-0.25, -0.2) is 4.98 Å². The van der Waals surface area contributed by atoms with Gasteiger partial charge in [-0.05, 0) is 19.4 Å². The first-order valence-electron chi connectivity index (χ1n) is 5.42. The van der Waals surface area contributed by atoms with Crippen LogP contribution in [0.25, 0.3) is 0 Å². The average Bonchev–Trinajstić information content (AvgIpc) is 2.87. The first-order chi connectivity index (χ1) is 7.72. The smallest absolute Gasteiger partial charge is 0.0897 e. The maximum Gasteiger partial charge on any atom is 0.0897 e. The maximum atomic E-state index is 6.21. The lowest BCUT2D eigenvalue weighted by Gasteiger charge is -2.11. The Morgan fingerprint density at radius 2 is 2.38 bits per heavy atom. The average molecular weight is 236 g/mol. The number of hydrogen-bond donors (Lipinski definition) is 1. The quantitative estimate of drug-likeness (QED) is 0.884. The van der Waals surface area contributed by atoms with Gasteiger partial charge in [-0.15, -0.1) is 11.3 Å². The van der Waals surface area contributed by atoms with Crippen molar-refractivity contribution in [2.24, 2.45) is 5.73 Å². The van der Waals surface area contributed by atoms with Crippen LogP contribution in [-0.4, -0.2) is 14.8 Å². The highest BCUT2D eigenvalue weighted by Crippen LogP contribution is 2.24. The molecule has 0 aliphatic rings. The van der Waals surface area contributed by atoms with Gasteiger partial charge < -0.3 is 5.73 Å². The summed E-state index contributed by atoms with van der Waals surface area (Å²) in [7, 11) is 0. The molecule has 2 heterocycles. The van der Waals surface area contributed by atoms with Crippen molar-refractivity contribution >= 4 is 11.3 Å². The Bertz CT molecular complexity index is 460. The van der Waals surface area contributed by atoms with Gasteiger partial charge in [0.1, 0.15) is 0 Å². The summed E-state index contributed by atoms with van der Waals surface area (Å²) in [4.78, 5) is 5.33. The van der Waals surface area contributed by atoms with Crippen LogP contribution in [0.1, 0.15) is 35.0 Å². The van der Waals surface area contributed by atoms with Crippen molar-refractivity contribution in [3.05, 3.63) is 34.0 Å². The second-order valence-electron chi connectivity index (χ2n) is 3.74. The second-order valence-corrected chi connectivity index (χ2v) is 5.00. The number of nitrogens with zero attached hydrogens (tertiary/aromatic N) is 3. The fourth-order valence-electron chi connectivity index (χ4n) is 1.67. The van der Waals surface area contributed by atoms with Gasteiger partial charge in [0.25, 0.3) is 0 Å². The summed E-state index contributed by atoms with van der Waals surface area (Å²) >= 11 is 1.64. The van der Waals surface area contributed by atoms with Crippen molar-refractivity contribution in [1.82, 2.24) is 14.8 Å². The number of rotatable bonds is 4. The van der Waals surface area contributed by atoms with E-state index in [0.29, 0.717) is 0 Å². The van der Waals surface area contributed by atoms with Crippen molar-refractivity contribution < 1.29 is 0 Å². The van der Waals surface area contributed by atoms with Crippen molar-refractivity contribution in [3.8, 4) is 0 Å². The highest BCUT2D eigenvalue weighted by Gasteiger charge is 2.15. The molecule has 1 atom stereocenters. The zero-order chi connectivity index (χ0) is 11.5. The Hall–Kier alpha value is -1.20. The Labute approximate surface area is 99.1 Å². The first-order valence-corrected chi connectivity index (χ1v) is 6.23. The van der Waals surface area contributed by atoms with Gasteiger partial charge in [0.15, 0.2) is 0 Å². The molecule has 0 aromatic carbocycles. The van der Waals surface area contributed by atoms with E-state index in [9.17, 15) is 0 Å². The topological polar surface area (TPSA) is 56.7 Å². The van der Waals surface area contributed by atoms with E-state index >= 15 is 0 Å². The third kappa shape index (κ3) is 2.15. The summed E-state index contributed by atoms with van der Waals surface area (Å²) in [6, 6.07) is 1.87. The molecule has 0 aliphatic heterocycles. The molecule has 0 amide bonds. The molecule has 0 bridgehead atoms. The normalized spacial score (nSPS) is 12.9. The molecule has 4 nitrogen and oxygen atoms in total. The standard InChI is InChI=1S/C11H16N4S/c1-3-6-15-9(4-5-14-15)11(12)10-7-13-8(2)16-10/h4-5,7,11H,3,6,12H2,1-2H3. The lowest BCUT2D eigenvalue weighted by molar-refractivity contribution is 0.561. The molecule has 16 heavy (non-hydrogen) atoms. The van der Waals surface area contributed by atoms with Crippen molar-refractivity contribution in [2.45, 2.75) is 32.9 Å². The van der Waals surface area contributed by atoms with E-state index in [1.165, 1.54) is 0 Å². The molecule has 5 heteroatoms. The van der Waals surface area contributed by atoms with Gasteiger partial charge in [0, 0.05) is 23.8 Å². The van der Waals surface area contributed by atoms with E-state index < -0.39 is 0 Å². The van der Waals surface area contributed by atoms with Crippen LogP contribution < -0.4 is 5.73 Å². The Morgan fingerprint density at radius 3 is 3.00 bits per heavy atom. The molecule has 1 unspecified atom stereocenters. The molecule has 0 saturated heterocycles.